The maximum atomic E-state index is 10.7. The molecule has 0 amide bonds. The molecule has 2 aromatic rings. The molecule has 0 aromatic heterocycles. The number of rotatable bonds is 6. The molecule has 1 unspecified atom stereocenters. The molecule has 0 saturated carbocycles. The second-order valence-electron chi connectivity index (χ2n) is 4.56. The lowest BCUT2D eigenvalue weighted by Crippen LogP contribution is -2.21. The molecule has 0 fully saturated rings. The molecule has 0 spiro atoms. The molecule has 0 aliphatic rings. The number of hydrogen-bond donors (Lipinski definition) is 3. The normalized spacial score (nSPS) is 12.1. The van der Waals surface area contributed by atoms with Crippen LogP contribution in [0.2, 0.25) is 0 Å². The molecule has 1 atom stereocenters. The molecule has 20 heavy (non-hydrogen) atoms. The van der Waals surface area contributed by atoms with Crippen LogP contribution in [0, 0.1) is 0 Å². The molecule has 4 nitrogen and oxygen atoms in total. The van der Waals surface area contributed by atoms with Gasteiger partial charge in [-0.2, -0.15) is 0 Å². The molecule has 0 radical (unpaired) electrons. The number of carboxylic acid groups (broad SMARTS) is 1. The first-order valence-corrected chi connectivity index (χ1v) is 6.43. The minimum Gasteiger partial charge on any atom is -0.478 e. The van der Waals surface area contributed by atoms with E-state index in [2.05, 4.69) is 5.32 Å². The van der Waals surface area contributed by atoms with E-state index in [1.165, 1.54) is 0 Å². The number of carboxylic acids is 1. The van der Waals surface area contributed by atoms with Crippen molar-refractivity contribution < 1.29 is 15.0 Å². The van der Waals surface area contributed by atoms with Gasteiger partial charge in [-0.1, -0.05) is 42.5 Å². The van der Waals surface area contributed by atoms with Crippen molar-refractivity contribution in [3.63, 3.8) is 0 Å². The fourth-order valence-corrected chi connectivity index (χ4v) is 1.91. The Morgan fingerprint density at radius 3 is 2.30 bits per heavy atom. The van der Waals surface area contributed by atoms with E-state index in [0.29, 0.717) is 13.1 Å². The van der Waals surface area contributed by atoms with Crippen LogP contribution < -0.4 is 5.32 Å². The van der Waals surface area contributed by atoms with Crippen molar-refractivity contribution in [2.45, 2.75) is 12.6 Å². The first-order chi connectivity index (χ1) is 9.66. The van der Waals surface area contributed by atoms with Gasteiger partial charge in [0, 0.05) is 13.1 Å². The Hall–Kier alpha value is -2.17. The van der Waals surface area contributed by atoms with E-state index < -0.39 is 12.1 Å². The SMILES string of the molecule is O=C(O)c1ccc(CNCC(O)c2ccccc2)cc1. The molecule has 104 valence electrons. The highest BCUT2D eigenvalue weighted by molar-refractivity contribution is 5.87. The summed E-state index contributed by atoms with van der Waals surface area (Å²) in [6.07, 6.45) is -0.547. The Balaban J connectivity index is 1.82. The van der Waals surface area contributed by atoms with E-state index in [1.807, 2.05) is 30.3 Å². The average molecular weight is 271 g/mol. The zero-order valence-electron chi connectivity index (χ0n) is 11.0. The lowest BCUT2D eigenvalue weighted by molar-refractivity contribution is 0.0697. The molecular weight excluding hydrogens is 254 g/mol. The summed E-state index contributed by atoms with van der Waals surface area (Å²) in [5.74, 6) is -0.927. The summed E-state index contributed by atoms with van der Waals surface area (Å²) < 4.78 is 0. The van der Waals surface area contributed by atoms with Crippen LogP contribution in [0.1, 0.15) is 27.6 Å². The van der Waals surface area contributed by atoms with Crippen molar-refractivity contribution in [1.82, 2.24) is 5.32 Å². The summed E-state index contributed by atoms with van der Waals surface area (Å²) in [7, 11) is 0. The molecular formula is C16H17NO3. The maximum Gasteiger partial charge on any atom is 0.335 e. The number of hydrogen-bond acceptors (Lipinski definition) is 3. The largest absolute Gasteiger partial charge is 0.478 e. The van der Waals surface area contributed by atoms with Crippen molar-refractivity contribution in [3.8, 4) is 0 Å². The van der Waals surface area contributed by atoms with E-state index >= 15 is 0 Å². The van der Waals surface area contributed by atoms with Gasteiger partial charge in [0.2, 0.25) is 0 Å². The van der Waals surface area contributed by atoms with Gasteiger partial charge in [-0.25, -0.2) is 4.79 Å². The van der Waals surface area contributed by atoms with Crippen LogP contribution in [-0.2, 0) is 6.54 Å². The molecule has 0 heterocycles. The van der Waals surface area contributed by atoms with Gasteiger partial charge in [0.15, 0.2) is 0 Å². The van der Waals surface area contributed by atoms with Gasteiger partial charge in [0.25, 0.3) is 0 Å². The summed E-state index contributed by atoms with van der Waals surface area (Å²) in [5, 5.41) is 21.9. The van der Waals surface area contributed by atoms with Gasteiger partial charge in [-0.05, 0) is 23.3 Å². The summed E-state index contributed by atoms with van der Waals surface area (Å²) >= 11 is 0. The minimum absolute atomic E-state index is 0.276. The van der Waals surface area contributed by atoms with E-state index in [9.17, 15) is 9.90 Å². The van der Waals surface area contributed by atoms with Gasteiger partial charge in [-0.3, -0.25) is 0 Å². The van der Waals surface area contributed by atoms with Crippen molar-refractivity contribution in [2.24, 2.45) is 0 Å². The number of aromatic carboxylic acids is 1. The monoisotopic (exact) mass is 271 g/mol. The topological polar surface area (TPSA) is 69.6 Å². The van der Waals surface area contributed by atoms with Crippen LogP contribution in [0.3, 0.4) is 0 Å². The Morgan fingerprint density at radius 2 is 1.70 bits per heavy atom. The zero-order chi connectivity index (χ0) is 14.4. The third kappa shape index (κ3) is 3.91. The standard InChI is InChI=1S/C16H17NO3/c18-15(13-4-2-1-3-5-13)11-17-10-12-6-8-14(9-7-12)16(19)20/h1-9,15,17-18H,10-11H2,(H,19,20). The van der Waals surface area contributed by atoms with Crippen molar-refractivity contribution in [1.29, 1.82) is 0 Å². The summed E-state index contributed by atoms with van der Waals surface area (Å²) in [6, 6.07) is 16.2. The average Bonchev–Trinajstić information content (AvgIpc) is 2.48. The highest BCUT2D eigenvalue weighted by atomic mass is 16.4. The molecule has 0 aliphatic heterocycles. The minimum atomic E-state index is -0.927. The van der Waals surface area contributed by atoms with Gasteiger partial charge in [0.05, 0.1) is 11.7 Å². The molecule has 0 aliphatic carbocycles. The Labute approximate surface area is 117 Å². The third-order valence-electron chi connectivity index (χ3n) is 3.05. The fourth-order valence-electron chi connectivity index (χ4n) is 1.91. The molecule has 3 N–H and O–H groups in total. The second kappa shape index (κ2) is 6.84. The number of benzene rings is 2. The van der Waals surface area contributed by atoms with Gasteiger partial charge in [-0.15, -0.1) is 0 Å². The highest BCUT2D eigenvalue weighted by Gasteiger charge is 2.06. The predicted octanol–water partition coefficient (Wildman–Crippen LogP) is 2.21. The summed E-state index contributed by atoms with van der Waals surface area (Å²) in [5.41, 5.74) is 2.13. The van der Waals surface area contributed by atoms with Crippen LogP contribution in [-0.4, -0.2) is 22.7 Å². The maximum absolute atomic E-state index is 10.7. The Morgan fingerprint density at radius 1 is 1.05 bits per heavy atom. The van der Waals surface area contributed by atoms with Gasteiger partial charge in [0.1, 0.15) is 0 Å². The van der Waals surface area contributed by atoms with Crippen LogP contribution in [0.25, 0.3) is 0 Å². The number of carbonyl (C=O) groups is 1. The summed E-state index contributed by atoms with van der Waals surface area (Å²) in [6.45, 7) is 1.04. The van der Waals surface area contributed by atoms with E-state index in [0.717, 1.165) is 11.1 Å². The highest BCUT2D eigenvalue weighted by Crippen LogP contribution is 2.11. The fraction of sp³-hybridized carbons (Fsp3) is 0.188. The lowest BCUT2D eigenvalue weighted by Gasteiger charge is -2.12. The smallest absolute Gasteiger partial charge is 0.335 e. The van der Waals surface area contributed by atoms with Crippen LogP contribution in [0.15, 0.2) is 54.6 Å². The van der Waals surface area contributed by atoms with Crippen LogP contribution in [0.5, 0.6) is 0 Å². The number of aliphatic hydroxyl groups excluding tert-OH is 1. The molecule has 2 rings (SSSR count). The van der Waals surface area contributed by atoms with Gasteiger partial charge < -0.3 is 15.5 Å². The quantitative estimate of drug-likeness (QED) is 0.753. The third-order valence-corrected chi connectivity index (χ3v) is 3.05. The zero-order valence-corrected chi connectivity index (χ0v) is 11.0. The lowest BCUT2D eigenvalue weighted by atomic mass is 10.1. The van der Waals surface area contributed by atoms with E-state index in [1.54, 1.807) is 24.3 Å². The first-order valence-electron chi connectivity index (χ1n) is 6.43. The molecule has 0 bridgehead atoms. The Bertz CT molecular complexity index is 552. The van der Waals surface area contributed by atoms with E-state index in [-0.39, 0.29) is 5.56 Å². The molecule has 4 heteroatoms. The number of aliphatic hydroxyl groups is 1. The van der Waals surface area contributed by atoms with E-state index in [4.69, 9.17) is 5.11 Å². The van der Waals surface area contributed by atoms with Crippen molar-refractivity contribution in [3.05, 3.63) is 71.3 Å². The number of nitrogens with one attached hydrogen (secondary N) is 1. The van der Waals surface area contributed by atoms with Crippen LogP contribution in [0.4, 0.5) is 0 Å². The second-order valence-corrected chi connectivity index (χ2v) is 4.56. The van der Waals surface area contributed by atoms with Crippen molar-refractivity contribution in [2.75, 3.05) is 6.54 Å². The summed E-state index contributed by atoms with van der Waals surface area (Å²) in [4.78, 5) is 10.7. The van der Waals surface area contributed by atoms with Gasteiger partial charge >= 0.3 is 5.97 Å². The Kier molecular flexibility index (Phi) is 4.87. The van der Waals surface area contributed by atoms with Crippen molar-refractivity contribution >= 4 is 5.97 Å². The molecule has 2 aromatic carbocycles. The molecule has 0 saturated heterocycles. The van der Waals surface area contributed by atoms with Crippen LogP contribution >= 0.6 is 0 Å². The first kappa shape index (κ1) is 14.2. The predicted molar refractivity (Wildman–Crippen MR) is 76.5 cm³/mol.